The Labute approximate surface area is 147 Å². The van der Waals surface area contributed by atoms with Gasteiger partial charge in [0.25, 0.3) is 0 Å². The number of rotatable bonds is 7. The van der Waals surface area contributed by atoms with Crippen LogP contribution in [0.3, 0.4) is 0 Å². The second kappa shape index (κ2) is 8.41. The first-order valence-corrected chi connectivity index (χ1v) is 9.20. The Morgan fingerprint density at radius 3 is 2.71 bits per heavy atom. The van der Waals surface area contributed by atoms with Crippen LogP contribution in [0, 0.1) is 5.92 Å². The van der Waals surface area contributed by atoms with E-state index in [-0.39, 0.29) is 5.92 Å². The molecule has 0 radical (unpaired) electrons. The first kappa shape index (κ1) is 18.6. The lowest BCUT2D eigenvalue weighted by molar-refractivity contribution is 0.381. The maximum Gasteiger partial charge on any atom is 0.126 e. The quantitative estimate of drug-likeness (QED) is 0.480. The van der Waals surface area contributed by atoms with E-state index in [9.17, 15) is 5.11 Å². The molecule has 0 aromatic heterocycles. The maximum atomic E-state index is 10.8. The number of benzene rings is 1. The molecule has 0 fully saturated rings. The zero-order valence-corrected chi connectivity index (χ0v) is 15.7. The molecule has 0 saturated carbocycles. The maximum absolute atomic E-state index is 10.8. The molecule has 2 nitrogen and oxygen atoms in total. The first-order chi connectivity index (χ1) is 11.5. The Bertz CT molecular complexity index is 613. The largest absolute Gasteiger partial charge is 0.507 e. The van der Waals surface area contributed by atoms with Gasteiger partial charge < -0.3 is 9.84 Å². The van der Waals surface area contributed by atoms with E-state index < -0.39 is 0 Å². The molecule has 0 unspecified atom stereocenters. The number of unbranched alkanes of at least 4 members (excludes halogenated alkanes) is 2. The van der Waals surface area contributed by atoms with Crippen LogP contribution in [-0.2, 0) is 6.42 Å². The molecule has 1 aliphatic rings. The van der Waals surface area contributed by atoms with Crippen LogP contribution in [0.5, 0.6) is 11.5 Å². The van der Waals surface area contributed by atoms with Crippen molar-refractivity contribution in [3.05, 3.63) is 47.1 Å². The van der Waals surface area contributed by atoms with E-state index in [0.29, 0.717) is 11.7 Å². The Kier molecular flexibility index (Phi) is 6.53. The van der Waals surface area contributed by atoms with Gasteiger partial charge in [-0.3, -0.25) is 0 Å². The van der Waals surface area contributed by atoms with Crippen LogP contribution in [0.15, 0.2) is 35.9 Å². The van der Waals surface area contributed by atoms with Crippen molar-refractivity contribution in [2.75, 3.05) is 7.11 Å². The van der Waals surface area contributed by atoms with Crippen LogP contribution in [0.2, 0.25) is 0 Å². The molecule has 24 heavy (non-hydrogen) atoms. The van der Waals surface area contributed by atoms with Crippen molar-refractivity contribution in [3.63, 3.8) is 0 Å². The molecule has 1 aromatic carbocycles. The average Bonchev–Trinajstić information content (AvgIpc) is 2.54. The average molecular weight is 328 g/mol. The SMILES string of the molecule is C=C(C)[C@@H]1CCC(C)=C[C@H]1c1c(O)cc(CCCCC)cc1OC. The van der Waals surface area contributed by atoms with Gasteiger partial charge in [0.05, 0.1) is 7.11 Å². The molecule has 2 atom stereocenters. The van der Waals surface area contributed by atoms with Crippen LogP contribution in [0.25, 0.3) is 0 Å². The van der Waals surface area contributed by atoms with Crippen LogP contribution < -0.4 is 4.74 Å². The van der Waals surface area contributed by atoms with Gasteiger partial charge in [-0.25, -0.2) is 0 Å². The van der Waals surface area contributed by atoms with E-state index in [2.05, 4.69) is 39.5 Å². The summed E-state index contributed by atoms with van der Waals surface area (Å²) in [7, 11) is 1.70. The molecule has 132 valence electrons. The Balaban J connectivity index is 2.40. The van der Waals surface area contributed by atoms with Gasteiger partial charge in [-0.2, -0.15) is 0 Å². The third-order valence-corrected chi connectivity index (χ3v) is 5.18. The highest BCUT2D eigenvalue weighted by molar-refractivity contribution is 5.52. The summed E-state index contributed by atoms with van der Waals surface area (Å²) in [6.07, 6.45) is 9.03. The number of allylic oxidation sites excluding steroid dienone is 3. The third-order valence-electron chi connectivity index (χ3n) is 5.18. The van der Waals surface area contributed by atoms with Crippen LogP contribution >= 0.6 is 0 Å². The van der Waals surface area contributed by atoms with Crippen molar-refractivity contribution in [3.8, 4) is 11.5 Å². The van der Waals surface area contributed by atoms with Gasteiger partial charge in [-0.1, -0.05) is 43.6 Å². The predicted molar refractivity (Wildman–Crippen MR) is 102 cm³/mol. The van der Waals surface area contributed by atoms with Gasteiger partial charge in [0, 0.05) is 11.5 Å². The highest BCUT2D eigenvalue weighted by Gasteiger charge is 2.30. The topological polar surface area (TPSA) is 29.5 Å². The first-order valence-electron chi connectivity index (χ1n) is 9.20. The Morgan fingerprint density at radius 2 is 2.08 bits per heavy atom. The van der Waals surface area contributed by atoms with Crippen molar-refractivity contribution < 1.29 is 9.84 Å². The molecular formula is C22H32O2. The van der Waals surface area contributed by atoms with Crippen molar-refractivity contribution in [1.82, 2.24) is 0 Å². The molecule has 0 spiro atoms. The minimum atomic E-state index is 0.149. The standard InChI is InChI=1S/C22H32O2/c1-6-7-8-9-17-13-20(23)22(21(14-17)24-5)19-12-16(4)10-11-18(19)15(2)3/h12-14,18-19,23H,2,6-11H2,1,3-5H3/t18-,19+/m0/s1. The number of methoxy groups -OCH3 is 1. The summed E-state index contributed by atoms with van der Waals surface area (Å²) in [5.74, 6) is 1.68. The number of aromatic hydroxyl groups is 1. The van der Waals surface area contributed by atoms with Crippen LogP contribution in [0.1, 0.15) is 69.9 Å². The van der Waals surface area contributed by atoms with E-state index in [1.165, 1.54) is 24.0 Å². The monoisotopic (exact) mass is 328 g/mol. The summed E-state index contributed by atoms with van der Waals surface area (Å²) in [5, 5.41) is 10.8. The van der Waals surface area contributed by atoms with Gasteiger partial charge in [-0.05, 0) is 63.1 Å². The molecule has 1 aliphatic carbocycles. The third kappa shape index (κ3) is 4.23. The fourth-order valence-corrected chi connectivity index (χ4v) is 3.80. The van der Waals surface area contributed by atoms with E-state index in [1.54, 1.807) is 7.11 Å². The summed E-state index contributed by atoms with van der Waals surface area (Å²) in [4.78, 5) is 0. The van der Waals surface area contributed by atoms with E-state index in [4.69, 9.17) is 4.74 Å². The lowest BCUT2D eigenvalue weighted by Gasteiger charge is -2.32. The molecule has 0 saturated heterocycles. The number of aryl methyl sites for hydroxylation is 1. The minimum absolute atomic E-state index is 0.149. The van der Waals surface area contributed by atoms with Crippen molar-refractivity contribution in [2.45, 2.75) is 65.2 Å². The lowest BCUT2D eigenvalue weighted by atomic mass is 9.73. The Hall–Kier alpha value is -1.70. The number of phenolic OH excluding ortho intramolecular Hbond substituents is 1. The molecule has 0 amide bonds. The second-order valence-electron chi connectivity index (χ2n) is 7.22. The summed E-state index contributed by atoms with van der Waals surface area (Å²) in [6.45, 7) is 10.6. The molecule has 2 rings (SSSR count). The van der Waals surface area contributed by atoms with Crippen LogP contribution in [0.4, 0.5) is 0 Å². The zero-order chi connectivity index (χ0) is 17.7. The van der Waals surface area contributed by atoms with Crippen molar-refractivity contribution in [1.29, 1.82) is 0 Å². The fraction of sp³-hybridized carbons (Fsp3) is 0.545. The lowest BCUT2D eigenvalue weighted by Crippen LogP contribution is -2.17. The summed E-state index contributed by atoms with van der Waals surface area (Å²) in [5.41, 5.74) is 4.64. The smallest absolute Gasteiger partial charge is 0.126 e. The molecule has 1 N–H and O–H groups in total. The highest BCUT2D eigenvalue weighted by Crippen LogP contribution is 2.46. The van der Waals surface area contributed by atoms with Gasteiger partial charge in [0.2, 0.25) is 0 Å². The van der Waals surface area contributed by atoms with Gasteiger partial charge >= 0.3 is 0 Å². The molecule has 0 bridgehead atoms. The summed E-state index contributed by atoms with van der Waals surface area (Å²) < 4.78 is 5.67. The molecule has 1 aromatic rings. The Morgan fingerprint density at radius 1 is 1.33 bits per heavy atom. The summed E-state index contributed by atoms with van der Waals surface area (Å²) >= 11 is 0. The van der Waals surface area contributed by atoms with Crippen molar-refractivity contribution >= 4 is 0 Å². The van der Waals surface area contributed by atoms with E-state index in [0.717, 1.165) is 42.6 Å². The number of hydrogen-bond donors (Lipinski definition) is 1. The minimum Gasteiger partial charge on any atom is -0.507 e. The number of hydrogen-bond acceptors (Lipinski definition) is 2. The van der Waals surface area contributed by atoms with E-state index >= 15 is 0 Å². The number of phenols is 1. The van der Waals surface area contributed by atoms with Crippen molar-refractivity contribution in [2.24, 2.45) is 5.92 Å². The molecule has 0 heterocycles. The van der Waals surface area contributed by atoms with Crippen LogP contribution in [-0.4, -0.2) is 12.2 Å². The normalized spacial score (nSPS) is 20.6. The molecule has 2 heteroatoms. The van der Waals surface area contributed by atoms with Gasteiger partial charge in [-0.15, -0.1) is 0 Å². The number of ether oxygens (including phenoxy) is 1. The highest BCUT2D eigenvalue weighted by atomic mass is 16.5. The molecular weight excluding hydrogens is 296 g/mol. The fourth-order valence-electron chi connectivity index (χ4n) is 3.80. The van der Waals surface area contributed by atoms with Gasteiger partial charge in [0.15, 0.2) is 0 Å². The zero-order valence-electron chi connectivity index (χ0n) is 15.7. The molecule has 0 aliphatic heterocycles. The second-order valence-corrected chi connectivity index (χ2v) is 7.22. The van der Waals surface area contributed by atoms with E-state index in [1.807, 2.05) is 6.07 Å². The predicted octanol–water partition coefficient (Wildman–Crippen LogP) is 6.15. The summed E-state index contributed by atoms with van der Waals surface area (Å²) in [6, 6.07) is 4.04. The van der Waals surface area contributed by atoms with Gasteiger partial charge in [0.1, 0.15) is 11.5 Å².